The Hall–Kier alpha value is -3.06. The Labute approximate surface area is 213 Å². The molecule has 0 radical (unpaired) electrons. The van der Waals surface area contributed by atoms with Crippen LogP contribution >= 0.6 is 0 Å². The summed E-state index contributed by atoms with van der Waals surface area (Å²) in [4.78, 5) is 26.4. The molecule has 1 saturated heterocycles. The molecule has 1 N–H and O–H groups in total. The van der Waals surface area contributed by atoms with Crippen LogP contribution in [0.5, 0.6) is 0 Å². The Morgan fingerprint density at radius 2 is 2.00 bits per heavy atom. The molecule has 0 bridgehead atoms. The lowest BCUT2D eigenvalue weighted by Crippen LogP contribution is -2.51. The van der Waals surface area contributed by atoms with Gasteiger partial charge in [-0.05, 0) is 56.4 Å². The van der Waals surface area contributed by atoms with Crippen LogP contribution in [0.4, 0.5) is 5.82 Å². The number of amides is 1. The molecule has 2 atom stereocenters. The summed E-state index contributed by atoms with van der Waals surface area (Å²) in [7, 11) is 3.38. The zero-order valence-corrected chi connectivity index (χ0v) is 21.7. The van der Waals surface area contributed by atoms with E-state index >= 15 is 0 Å². The molecule has 1 aromatic heterocycles. The van der Waals surface area contributed by atoms with Gasteiger partial charge in [0.15, 0.2) is 0 Å². The maximum absolute atomic E-state index is 13.4. The third-order valence-electron chi connectivity index (χ3n) is 7.38. The van der Waals surface area contributed by atoms with Crippen LogP contribution in [-0.4, -0.2) is 79.4 Å². The number of nitrogens with one attached hydrogen (secondary N) is 1. The van der Waals surface area contributed by atoms with Gasteiger partial charge in [0, 0.05) is 58.0 Å². The molecular weight excluding hydrogens is 456 g/mol. The fourth-order valence-electron chi connectivity index (χ4n) is 5.24. The molecule has 1 fully saturated rings. The van der Waals surface area contributed by atoms with Crippen LogP contribution in [0.25, 0.3) is 0 Å². The van der Waals surface area contributed by atoms with Crippen molar-refractivity contribution in [2.45, 2.75) is 57.8 Å². The normalized spacial score (nSPS) is 17.9. The molecule has 0 spiro atoms. The molecule has 2 unspecified atom stereocenters. The lowest BCUT2D eigenvalue weighted by atomic mass is 9.97. The first-order valence-electron chi connectivity index (χ1n) is 12.6. The van der Waals surface area contributed by atoms with Gasteiger partial charge in [-0.3, -0.25) is 4.79 Å². The summed E-state index contributed by atoms with van der Waals surface area (Å²) in [6.07, 6.45) is 4.11. The maximum atomic E-state index is 13.4. The van der Waals surface area contributed by atoms with Gasteiger partial charge < -0.3 is 24.6 Å². The van der Waals surface area contributed by atoms with Gasteiger partial charge in [-0.1, -0.05) is 6.07 Å². The lowest BCUT2D eigenvalue weighted by molar-refractivity contribution is 0.00449. The molecule has 9 nitrogen and oxygen atoms in total. The second kappa shape index (κ2) is 11.8. The molecule has 2 aliphatic rings. The number of methoxy groups -OCH3 is 2. The number of rotatable bonds is 8. The molecule has 4 rings (SSSR count). The summed E-state index contributed by atoms with van der Waals surface area (Å²) in [5, 5.41) is 12.9. The number of likely N-dealkylation sites (tertiary alicyclic amines) is 1. The molecule has 1 aromatic carbocycles. The van der Waals surface area contributed by atoms with Gasteiger partial charge >= 0.3 is 0 Å². The number of nitriles is 1. The summed E-state index contributed by atoms with van der Waals surface area (Å²) in [6, 6.07) is 8.57. The van der Waals surface area contributed by atoms with Crippen molar-refractivity contribution in [1.29, 1.82) is 5.26 Å². The van der Waals surface area contributed by atoms with Crippen LogP contribution in [-0.2, 0) is 22.4 Å². The molecule has 0 aliphatic carbocycles. The van der Waals surface area contributed by atoms with Gasteiger partial charge in [0.25, 0.3) is 5.91 Å². The first-order chi connectivity index (χ1) is 17.4. The number of nitrogens with zero attached hydrogens (tertiary/aromatic N) is 5. The summed E-state index contributed by atoms with van der Waals surface area (Å²) < 4.78 is 10.8. The van der Waals surface area contributed by atoms with Crippen molar-refractivity contribution in [1.82, 2.24) is 20.2 Å². The zero-order chi connectivity index (χ0) is 25.7. The number of carbonyl (C=O) groups is 1. The number of piperidine rings is 1. The van der Waals surface area contributed by atoms with Crippen molar-refractivity contribution in [2.24, 2.45) is 0 Å². The van der Waals surface area contributed by atoms with Crippen molar-refractivity contribution < 1.29 is 14.3 Å². The summed E-state index contributed by atoms with van der Waals surface area (Å²) in [5.41, 5.74) is 4.33. The predicted molar refractivity (Wildman–Crippen MR) is 137 cm³/mol. The van der Waals surface area contributed by atoms with E-state index in [1.54, 1.807) is 14.2 Å². The van der Waals surface area contributed by atoms with Gasteiger partial charge in [0.2, 0.25) is 0 Å². The van der Waals surface area contributed by atoms with E-state index < -0.39 is 0 Å². The van der Waals surface area contributed by atoms with Crippen LogP contribution < -0.4 is 10.2 Å². The lowest BCUT2D eigenvalue weighted by Gasteiger charge is -2.35. The SMILES string of the molecule is COCC(OC)C(C)NC1CCN(C(=O)c2ncnc(N3CCc4ccc(C#N)cc4C3)c2C)CC1. The van der Waals surface area contributed by atoms with E-state index in [0.29, 0.717) is 43.5 Å². The van der Waals surface area contributed by atoms with Crippen molar-refractivity contribution in [3.63, 3.8) is 0 Å². The summed E-state index contributed by atoms with van der Waals surface area (Å²) in [6.45, 7) is 7.41. The number of ether oxygens (including phenoxy) is 2. The minimum absolute atomic E-state index is 0.00926. The molecule has 0 saturated carbocycles. The highest BCUT2D eigenvalue weighted by Crippen LogP contribution is 2.28. The Bertz CT molecular complexity index is 1110. The van der Waals surface area contributed by atoms with Crippen LogP contribution in [0.1, 0.15) is 52.5 Å². The summed E-state index contributed by atoms with van der Waals surface area (Å²) in [5.74, 6) is 0.747. The first-order valence-corrected chi connectivity index (χ1v) is 12.6. The smallest absolute Gasteiger partial charge is 0.272 e. The Balaban J connectivity index is 1.40. The number of aromatic nitrogens is 2. The van der Waals surface area contributed by atoms with Crippen molar-refractivity contribution in [2.75, 3.05) is 45.4 Å². The van der Waals surface area contributed by atoms with E-state index in [9.17, 15) is 10.1 Å². The Morgan fingerprint density at radius 1 is 1.22 bits per heavy atom. The van der Waals surface area contributed by atoms with Crippen LogP contribution in [0.15, 0.2) is 24.5 Å². The quantitative estimate of drug-likeness (QED) is 0.599. The van der Waals surface area contributed by atoms with Crippen LogP contribution in [0.2, 0.25) is 0 Å². The number of anilines is 1. The Morgan fingerprint density at radius 3 is 2.69 bits per heavy atom. The van der Waals surface area contributed by atoms with Gasteiger partial charge in [-0.25, -0.2) is 9.97 Å². The van der Waals surface area contributed by atoms with Gasteiger partial charge in [0.1, 0.15) is 17.8 Å². The third-order valence-corrected chi connectivity index (χ3v) is 7.38. The van der Waals surface area contributed by atoms with E-state index in [1.165, 1.54) is 11.9 Å². The molecule has 36 heavy (non-hydrogen) atoms. The van der Waals surface area contributed by atoms with E-state index in [4.69, 9.17) is 9.47 Å². The second-order valence-electron chi connectivity index (χ2n) is 9.69. The number of benzene rings is 1. The summed E-state index contributed by atoms with van der Waals surface area (Å²) >= 11 is 0. The van der Waals surface area contributed by atoms with E-state index in [-0.39, 0.29) is 18.1 Å². The molecule has 3 heterocycles. The zero-order valence-electron chi connectivity index (χ0n) is 21.7. The molecule has 9 heteroatoms. The topological polar surface area (TPSA) is 104 Å². The third kappa shape index (κ3) is 5.67. The van der Waals surface area contributed by atoms with E-state index in [1.807, 2.05) is 30.0 Å². The minimum Gasteiger partial charge on any atom is -0.382 e. The highest BCUT2D eigenvalue weighted by Gasteiger charge is 2.29. The molecule has 2 aromatic rings. The molecule has 1 amide bonds. The molecule has 2 aliphatic heterocycles. The highest BCUT2D eigenvalue weighted by atomic mass is 16.5. The van der Waals surface area contributed by atoms with E-state index in [0.717, 1.165) is 42.8 Å². The molecular formula is C27H36N6O3. The number of hydrogen-bond donors (Lipinski definition) is 1. The van der Waals surface area contributed by atoms with Crippen molar-refractivity contribution >= 4 is 11.7 Å². The average Bonchev–Trinajstić information content (AvgIpc) is 2.91. The molecule has 192 valence electrons. The fourth-order valence-corrected chi connectivity index (χ4v) is 5.24. The fraction of sp³-hybridized carbons (Fsp3) is 0.556. The highest BCUT2D eigenvalue weighted by molar-refractivity contribution is 5.94. The van der Waals surface area contributed by atoms with Crippen molar-refractivity contribution in [3.8, 4) is 6.07 Å². The van der Waals surface area contributed by atoms with Crippen molar-refractivity contribution in [3.05, 3.63) is 52.5 Å². The maximum Gasteiger partial charge on any atom is 0.272 e. The first kappa shape index (κ1) is 26.0. The van der Waals surface area contributed by atoms with Gasteiger partial charge in [0.05, 0.1) is 24.3 Å². The largest absolute Gasteiger partial charge is 0.382 e. The average molecular weight is 493 g/mol. The second-order valence-corrected chi connectivity index (χ2v) is 9.69. The predicted octanol–water partition coefficient (Wildman–Crippen LogP) is 2.46. The van der Waals surface area contributed by atoms with Gasteiger partial charge in [-0.2, -0.15) is 5.26 Å². The standard InChI is InChI=1S/C27H36N6O3/c1-18-25(27(34)32-11-8-23(9-12-32)31-19(2)24(36-4)16-35-3)29-17-30-26(18)33-10-7-21-6-5-20(14-28)13-22(21)15-33/h5-6,13,17,19,23-24,31H,7-12,15-16H2,1-4H3. The minimum atomic E-state index is -0.0408. The van der Waals surface area contributed by atoms with Gasteiger partial charge in [-0.15, -0.1) is 0 Å². The number of fused-ring (bicyclic) bond motifs is 1. The number of hydrogen-bond acceptors (Lipinski definition) is 8. The number of carbonyl (C=O) groups excluding carboxylic acids is 1. The Kier molecular flexibility index (Phi) is 8.52. The van der Waals surface area contributed by atoms with E-state index in [2.05, 4.69) is 33.2 Å². The monoisotopic (exact) mass is 492 g/mol. The van der Waals surface area contributed by atoms with Crippen LogP contribution in [0, 0.1) is 18.3 Å². The van der Waals surface area contributed by atoms with Crippen LogP contribution in [0.3, 0.4) is 0 Å².